The lowest BCUT2D eigenvalue weighted by Gasteiger charge is -2.15. The van der Waals surface area contributed by atoms with E-state index in [0.717, 1.165) is 37.2 Å². The van der Waals surface area contributed by atoms with E-state index in [0.29, 0.717) is 5.11 Å². The van der Waals surface area contributed by atoms with Crippen LogP contribution in [-0.4, -0.2) is 34.2 Å². The molecule has 0 bridgehead atoms. The monoisotopic (exact) mass is 353 g/mol. The molecule has 5 nitrogen and oxygen atoms in total. The highest BCUT2D eigenvalue weighted by atomic mass is 32.1. The average molecular weight is 353 g/mol. The van der Waals surface area contributed by atoms with Gasteiger partial charge < -0.3 is 5.32 Å². The summed E-state index contributed by atoms with van der Waals surface area (Å²) in [5.74, 6) is 0. The lowest BCUT2D eigenvalue weighted by molar-refractivity contribution is 0.365. The molecule has 0 saturated carbocycles. The summed E-state index contributed by atoms with van der Waals surface area (Å²) in [7, 11) is 3.79. The maximum atomic E-state index is 5.28. The Morgan fingerprint density at radius 3 is 2.58 bits per heavy atom. The van der Waals surface area contributed by atoms with Crippen molar-refractivity contribution in [1.29, 1.82) is 0 Å². The number of thiocarbonyl (C=S) groups is 1. The van der Waals surface area contributed by atoms with Crippen LogP contribution >= 0.6 is 23.6 Å². The highest BCUT2D eigenvalue weighted by molar-refractivity contribution is 7.80. The predicted molar refractivity (Wildman–Crippen MR) is 105 cm³/mol. The Labute approximate surface area is 148 Å². The van der Waals surface area contributed by atoms with Gasteiger partial charge in [-0.3, -0.25) is 5.43 Å². The third-order valence-electron chi connectivity index (χ3n) is 3.56. The quantitative estimate of drug-likeness (QED) is 0.423. The van der Waals surface area contributed by atoms with Crippen LogP contribution in [0.4, 0.5) is 5.69 Å². The van der Waals surface area contributed by atoms with Gasteiger partial charge in [-0.05, 0) is 42.5 Å². The van der Waals surface area contributed by atoms with Crippen molar-refractivity contribution >= 4 is 65.8 Å². The topological polar surface area (TPSA) is 53.1 Å². The van der Waals surface area contributed by atoms with Crippen molar-refractivity contribution in [2.45, 2.75) is 0 Å². The smallest absolute Gasteiger partial charge is 0.185 e. The number of aromatic nitrogens is 2. The van der Waals surface area contributed by atoms with Crippen LogP contribution in [0.2, 0.25) is 0 Å². The highest BCUT2D eigenvalue weighted by Gasteiger charge is 2.10. The van der Waals surface area contributed by atoms with Crippen LogP contribution in [0.25, 0.3) is 31.5 Å². The van der Waals surface area contributed by atoms with Gasteiger partial charge in [0.05, 0.1) is 11.0 Å². The zero-order valence-corrected chi connectivity index (χ0v) is 14.8. The number of nitrogens with zero attached hydrogens (tertiary/aromatic N) is 3. The maximum Gasteiger partial charge on any atom is 0.185 e. The van der Waals surface area contributed by atoms with Crippen LogP contribution in [0.5, 0.6) is 0 Å². The summed E-state index contributed by atoms with van der Waals surface area (Å²) in [6.45, 7) is 0. The van der Waals surface area contributed by atoms with Crippen molar-refractivity contribution in [3.8, 4) is 0 Å². The first-order valence-electron chi connectivity index (χ1n) is 7.44. The van der Waals surface area contributed by atoms with E-state index in [-0.39, 0.29) is 0 Å². The molecule has 0 aliphatic rings. The molecule has 0 saturated heterocycles. The second-order valence-electron chi connectivity index (χ2n) is 5.64. The summed E-state index contributed by atoms with van der Waals surface area (Å²) in [4.78, 5) is 10.5. The molecule has 0 aliphatic heterocycles. The Kier molecular flexibility index (Phi) is 3.76. The number of hydrazine groups is 1. The molecule has 24 heavy (non-hydrogen) atoms. The van der Waals surface area contributed by atoms with E-state index in [1.807, 2.05) is 44.4 Å². The van der Waals surface area contributed by atoms with Gasteiger partial charge in [0, 0.05) is 29.9 Å². The normalized spacial score (nSPS) is 11.5. The number of benzene rings is 2. The number of hydrogen-bond donors (Lipinski definition) is 2. The molecule has 120 valence electrons. The molecular formula is C17H15N5S2. The summed E-state index contributed by atoms with van der Waals surface area (Å²) >= 11 is 6.94. The van der Waals surface area contributed by atoms with E-state index in [1.54, 1.807) is 16.3 Å². The Hall–Kier alpha value is -2.35. The lowest BCUT2D eigenvalue weighted by atomic mass is 10.2. The summed E-state index contributed by atoms with van der Waals surface area (Å²) < 4.78 is 1.16. The Morgan fingerprint density at radius 1 is 1.08 bits per heavy atom. The lowest BCUT2D eigenvalue weighted by Crippen LogP contribution is -2.38. The van der Waals surface area contributed by atoms with Crippen molar-refractivity contribution in [3.63, 3.8) is 0 Å². The van der Waals surface area contributed by atoms with E-state index in [2.05, 4.69) is 22.9 Å². The minimum absolute atomic E-state index is 0.551. The predicted octanol–water partition coefficient (Wildman–Crippen LogP) is 3.76. The first-order chi connectivity index (χ1) is 11.6. The van der Waals surface area contributed by atoms with Crippen LogP contribution in [0.15, 0.2) is 42.5 Å². The van der Waals surface area contributed by atoms with Crippen LogP contribution in [0.1, 0.15) is 0 Å². The zero-order chi connectivity index (χ0) is 16.7. The first kappa shape index (κ1) is 15.2. The van der Waals surface area contributed by atoms with Crippen molar-refractivity contribution in [2.24, 2.45) is 0 Å². The largest absolute Gasteiger partial charge is 0.332 e. The standard InChI is InChI=1S/C17H15N5S2/c1-22(2)21-17(23)18-10-7-8-14-11(9-10)15-16(24-14)20-13-6-4-3-5-12(13)19-15/h3-9H,1-2H3,(H2,18,21,23). The van der Waals surface area contributed by atoms with E-state index in [1.165, 1.54) is 0 Å². The molecule has 2 N–H and O–H groups in total. The Balaban J connectivity index is 1.81. The van der Waals surface area contributed by atoms with Gasteiger partial charge in [-0.25, -0.2) is 15.0 Å². The summed E-state index contributed by atoms with van der Waals surface area (Å²) in [5.41, 5.74) is 6.72. The van der Waals surface area contributed by atoms with Crippen LogP contribution in [0, 0.1) is 0 Å². The van der Waals surface area contributed by atoms with Crippen LogP contribution in [0.3, 0.4) is 0 Å². The second kappa shape index (κ2) is 5.94. The van der Waals surface area contributed by atoms with Gasteiger partial charge in [-0.1, -0.05) is 12.1 Å². The third kappa shape index (κ3) is 2.77. The van der Waals surface area contributed by atoms with E-state index >= 15 is 0 Å². The van der Waals surface area contributed by atoms with Gasteiger partial charge in [-0.15, -0.1) is 11.3 Å². The van der Waals surface area contributed by atoms with Crippen molar-refractivity contribution in [3.05, 3.63) is 42.5 Å². The fraction of sp³-hybridized carbons (Fsp3) is 0.118. The SMILES string of the molecule is CN(C)NC(=S)Nc1ccc2sc3nc4ccccc4nc3c2c1. The van der Waals surface area contributed by atoms with Crippen molar-refractivity contribution in [2.75, 3.05) is 19.4 Å². The first-order valence-corrected chi connectivity index (χ1v) is 8.66. The fourth-order valence-corrected chi connectivity index (χ4v) is 3.89. The molecule has 2 aromatic carbocycles. The number of hydrogen-bond acceptors (Lipinski definition) is 5. The Morgan fingerprint density at radius 2 is 1.83 bits per heavy atom. The minimum atomic E-state index is 0.551. The van der Waals surface area contributed by atoms with Gasteiger partial charge >= 0.3 is 0 Å². The number of anilines is 1. The van der Waals surface area contributed by atoms with E-state index < -0.39 is 0 Å². The summed E-state index contributed by atoms with van der Waals surface area (Å²) in [6.07, 6.45) is 0. The molecule has 0 spiro atoms. The number of fused-ring (bicyclic) bond motifs is 4. The molecule has 0 fully saturated rings. The van der Waals surface area contributed by atoms with Gasteiger partial charge in [0.1, 0.15) is 10.3 Å². The molecule has 7 heteroatoms. The molecule has 0 aliphatic carbocycles. The molecule has 2 aromatic heterocycles. The Bertz CT molecular complexity index is 1070. The highest BCUT2D eigenvalue weighted by Crippen LogP contribution is 2.34. The number of thiophene rings is 1. The fourth-order valence-electron chi connectivity index (χ4n) is 2.58. The third-order valence-corrected chi connectivity index (χ3v) is 4.81. The van der Waals surface area contributed by atoms with Gasteiger partial charge in [-0.2, -0.15) is 0 Å². The zero-order valence-electron chi connectivity index (χ0n) is 13.2. The number of rotatable bonds is 2. The molecule has 0 amide bonds. The van der Waals surface area contributed by atoms with Gasteiger partial charge in [0.25, 0.3) is 0 Å². The van der Waals surface area contributed by atoms with Crippen molar-refractivity contribution in [1.82, 2.24) is 20.4 Å². The van der Waals surface area contributed by atoms with Crippen molar-refractivity contribution < 1.29 is 0 Å². The minimum Gasteiger partial charge on any atom is -0.332 e. The molecule has 4 rings (SSSR count). The molecule has 4 aromatic rings. The summed E-state index contributed by atoms with van der Waals surface area (Å²) in [6, 6.07) is 14.1. The van der Waals surface area contributed by atoms with Gasteiger partial charge in [0.2, 0.25) is 0 Å². The average Bonchev–Trinajstić information content (AvgIpc) is 2.89. The second-order valence-corrected chi connectivity index (χ2v) is 7.08. The van der Waals surface area contributed by atoms with E-state index in [9.17, 15) is 0 Å². The number of nitrogens with one attached hydrogen (secondary N) is 2. The van der Waals surface area contributed by atoms with Crippen LogP contribution < -0.4 is 10.7 Å². The maximum absolute atomic E-state index is 5.28. The molecule has 0 atom stereocenters. The molecule has 0 radical (unpaired) electrons. The molecule has 2 heterocycles. The van der Waals surface area contributed by atoms with Gasteiger partial charge in [0.15, 0.2) is 5.11 Å². The molecular weight excluding hydrogens is 338 g/mol. The molecule has 0 unspecified atom stereocenters. The van der Waals surface area contributed by atoms with Crippen LogP contribution in [-0.2, 0) is 0 Å². The number of para-hydroxylation sites is 2. The van der Waals surface area contributed by atoms with E-state index in [4.69, 9.17) is 22.2 Å². The summed E-state index contributed by atoms with van der Waals surface area (Å²) in [5, 5.41) is 6.63.